The highest BCUT2D eigenvalue weighted by atomic mass is 32.1. The minimum Gasteiger partial charge on any atom is -0.480 e. The second-order valence-corrected chi connectivity index (χ2v) is 5.28. The van der Waals surface area contributed by atoms with Crippen LogP contribution in [0.3, 0.4) is 0 Å². The second kappa shape index (κ2) is 5.81. The third-order valence-electron chi connectivity index (χ3n) is 2.66. The smallest absolute Gasteiger partial charge is 0.323 e. The van der Waals surface area contributed by atoms with Crippen LogP contribution >= 0.6 is 11.3 Å². The molecule has 1 aliphatic carbocycles. The Morgan fingerprint density at radius 2 is 2.33 bits per heavy atom. The van der Waals surface area contributed by atoms with Crippen molar-refractivity contribution in [1.29, 1.82) is 0 Å². The molecule has 2 amide bonds. The number of hydrogen-bond acceptors (Lipinski definition) is 4. The Bertz CT molecular complexity index is 417. The molecule has 1 aliphatic rings. The molecule has 2 N–H and O–H groups in total. The van der Waals surface area contributed by atoms with Gasteiger partial charge in [-0.25, -0.2) is 9.78 Å². The lowest BCUT2D eigenvalue weighted by molar-refractivity contribution is -0.137. The molecule has 0 saturated heterocycles. The summed E-state index contributed by atoms with van der Waals surface area (Å²) in [5.41, 5.74) is 0. The lowest BCUT2D eigenvalue weighted by atomic mass is 10.3. The second-order valence-electron chi connectivity index (χ2n) is 4.30. The summed E-state index contributed by atoms with van der Waals surface area (Å²) in [6.07, 6.45) is 3.83. The number of aliphatic carboxylic acids is 1. The van der Waals surface area contributed by atoms with E-state index in [0.29, 0.717) is 19.0 Å². The summed E-state index contributed by atoms with van der Waals surface area (Å²) >= 11 is 1.46. The summed E-state index contributed by atoms with van der Waals surface area (Å²) in [7, 11) is 0. The molecule has 2 rings (SSSR count). The van der Waals surface area contributed by atoms with E-state index in [4.69, 9.17) is 5.11 Å². The minimum atomic E-state index is -0.986. The topological polar surface area (TPSA) is 82.5 Å². The van der Waals surface area contributed by atoms with E-state index in [1.807, 2.05) is 5.38 Å². The first-order valence-corrected chi connectivity index (χ1v) is 6.66. The summed E-state index contributed by atoms with van der Waals surface area (Å²) in [4.78, 5) is 28.0. The standard InChI is InChI=1S/C11H15N3O3S/c15-10(16)7-14(6-8-1-2-8)11(17)13-5-9-12-3-4-18-9/h3-4,8H,1-2,5-7H2,(H,13,17)(H,15,16). The van der Waals surface area contributed by atoms with E-state index in [0.717, 1.165) is 17.8 Å². The van der Waals surface area contributed by atoms with Crippen molar-refractivity contribution in [1.82, 2.24) is 15.2 Å². The van der Waals surface area contributed by atoms with Crippen molar-refractivity contribution >= 4 is 23.3 Å². The van der Waals surface area contributed by atoms with Crippen LogP contribution in [0.4, 0.5) is 4.79 Å². The van der Waals surface area contributed by atoms with E-state index in [9.17, 15) is 9.59 Å². The van der Waals surface area contributed by atoms with Gasteiger partial charge in [0.05, 0.1) is 6.54 Å². The van der Waals surface area contributed by atoms with Gasteiger partial charge in [0, 0.05) is 18.1 Å². The molecule has 0 spiro atoms. The molecule has 1 fully saturated rings. The van der Waals surface area contributed by atoms with Crippen molar-refractivity contribution in [2.24, 2.45) is 5.92 Å². The molecule has 18 heavy (non-hydrogen) atoms. The minimum absolute atomic E-state index is 0.250. The fourth-order valence-corrected chi connectivity index (χ4v) is 2.15. The number of thiazole rings is 1. The SMILES string of the molecule is O=C(O)CN(CC1CC1)C(=O)NCc1nccs1. The Kier molecular flexibility index (Phi) is 4.14. The first kappa shape index (κ1) is 12.8. The monoisotopic (exact) mass is 269 g/mol. The molecule has 0 unspecified atom stereocenters. The van der Waals surface area contributed by atoms with Gasteiger partial charge in [-0.3, -0.25) is 4.79 Å². The maximum absolute atomic E-state index is 11.9. The molecule has 0 aromatic carbocycles. The lowest BCUT2D eigenvalue weighted by Gasteiger charge is -2.20. The summed E-state index contributed by atoms with van der Waals surface area (Å²) < 4.78 is 0. The molecule has 0 atom stereocenters. The summed E-state index contributed by atoms with van der Waals surface area (Å²) in [6.45, 7) is 0.619. The van der Waals surface area contributed by atoms with Gasteiger partial charge >= 0.3 is 12.0 Å². The Morgan fingerprint density at radius 3 is 2.89 bits per heavy atom. The Labute approximate surface area is 109 Å². The van der Waals surface area contributed by atoms with Gasteiger partial charge in [-0.1, -0.05) is 0 Å². The van der Waals surface area contributed by atoms with Crippen molar-refractivity contribution < 1.29 is 14.7 Å². The highest BCUT2D eigenvalue weighted by molar-refractivity contribution is 7.09. The van der Waals surface area contributed by atoms with E-state index in [2.05, 4.69) is 10.3 Å². The van der Waals surface area contributed by atoms with Gasteiger partial charge in [-0.15, -0.1) is 11.3 Å². The molecule has 1 saturated carbocycles. The molecule has 0 radical (unpaired) electrons. The molecule has 6 nitrogen and oxygen atoms in total. The number of carboxylic acid groups (broad SMARTS) is 1. The number of amides is 2. The van der Waals surface area contributed by atoms with Crippen molar-refractivity contribution in [2.75, 3.05) is 13.1 Å². The first-order valence-electron chi connectivity index (χ1n) is 5.78. The number of carbonyl (C=O) groups is 2. The normalized spacial score (nSPS) is 14.2. The van der Waals surface area contributed by atoms with Crippen molar-refractivity contribution in [2.45, 2.75) is 19.4 Å². The van der Waals surface area contributed by atoms with Gasteiger partial charge in [0.1, 0.15) is 11.6 Å². The molecule has 1 aromatic rings. The molecular formula is C11H15N3O3S. The molecule has 7 heteroatoms. The van der Waals surface area contributed by atoms with Crippen LogP contribution in [0.1, 0.15) is 17.8 Å². The average Bonchev–Trinajstić information content (AvgIpc) is 2.98. The molecule has 0 bridgehead atoms. The number of carbonyl (C=O) groups excluding carboxylic acids is 1. The number of carboxylic acids is 1. The quantitative estimate of drug-likeness (QED) is 0.811. The molecule has 98 valence electrons. The fourth-order valence-electron chi connectivity index (χ4n) is 1.60. The average molecular weight is 269 g/mol. The molecule has 1 aromatic heterocycles. The summed E-state index contributed by atoms with van der Waals surface area (Å²) in [6, 6.07) is -0.334. The van der Waals surface area contributed by atoms with Crippen LogP contribution in [0.2, 0.25) is 0 Å². The van der Waals surface area contributed by atoms with Crippen LogP contribution < -0.4 is 5.32 Å². The van der Waals surface area contributed by atoms with Crippen molar-refractivity contribution in [3.05, 3.63) is 16.6 Å². The lowest BCUT2D eigenvalue weighted by Crippen LogP contribution is -2.43. The number of aromatic nitrogens is 1. The largest absolute Gasteiger partial charge is 0.480 e. The number of hydrogen-bond donors (Lipinski definition) is 2. The van der Waals surface area contributed by atoms with Gasteiger partial charge in [-0.05, 0) is 18.8 Å². The third kappa shape index (κ3) is 3.99. The van der Waals surface area contributed by atoms with Gasteiger partial charge in [-0.2, -0.15) is 0 Å². The van der Waals surface area contributed by atoms with E-state index < -0.39 is 5.97 Å². The molecule has 0 aliphatic heterocycles. The van der Waals surface area contributed by atoms with E-state index >= 15 is 0 Å². The highest BCUT2D eigenvalue weighted by Gasteiger charge is 2.27. The van der Waals surface area contributed by atoms with E-state index in [1.165, 1.54) is 16.2 Å². The van der Waals surface area contributed by atoms with Crippen LogP contribution in [0.15, 0.2) is 11.6 Å². The third-order valence-corrected chi connectivity index (χ3v) is 3.44. The number of rotatable bonds is 6. The predicted octanol–water partition coefficient (Wildman–Crippen LogP) is 1.15. The van der Waals surface area contributed by atoms with Gasteiger partial charge in [0.25, 0.3) is 0 Å². The van der Waals surface area contributed by atoms with Crippen LogP contribution in [0.5, 0.6) is 0 Å². The van der Waals surface area contributed by atoms with Gasteiger partial charge in [0.15, 0.2) is 0 Å². The maximum atomic E-state index is 11.9. The summed E-state index contributed by atoms with van der Waals surface area (Å²) in [5, 5.41) is 14.1. The molecular weight excluding hydrogens is 254 g/mol. The van der Waals surface area contributed by atoms with Crippen LogP contribution in [-0.4, -0.2) is 40.1 Å². The van der Waals surface area contributed by atoms with Crippen molar-refractivity contribution in [3.63, 3.8) is 0 Å². The first-order chi connectivity index (χ1) is 8.65. The highest BCUT2D eigenvalue weighted by Crippen LogP contribution is 2.29. The van der Waals surface area contributed by atoms with Crippen LogP contribution in [0.25, 0.3) is 0 Å². The van der Waals surface area contributed by atoms with Gasteiger partial charge < -0.3 is 15.3 Å². The van der Waals surface area contributed by atoms with Crippen molar-refractivity contribution in [3.8, 4) is 0 Å². The number of nitrogens with zero attached hydrogens (tertiary/aromatic N) is 2. The number of urea groups is 1. The zero-order valence-electron chi connectivity index (χ0n) is 9.83. The number of nitrogens with one attached hydrogen (secondary N) is 1. The Hall–Kier alpha value is -1.63. The zero-order chi connectivity index (χ0) is 13.0. The van der Waals surface area contributed by atoms with E-state index in [-0.39, 0.29) is 12.6 Å². The maximum Gasteiger partial charge on any atom is 0.323 e. The predicted molar refractivity (Wildman–Crippen MR) is 66.3 cm³/mol. The van der Waals surface area contributed by atoms with Gasteiger partial charge in [0.2, 0.25) is 0 Å². The fraction of sp³-hybridized carbons (Fsp3) is 0.545. The van der Waals surface area contributed by atoms with E-state index in [1.54, 1.807) is 6.20 Å². The molecule has 1 heterocycles. The van der Waals surface area contributed by atoms with Crippen LogP contribution in [0, 0.1) is 5.92 Å². The van der Waals surface area contributed by atoms with Crippen LogP contribution in [-0.2, 0) is 11.3 Å². The Morgan fingerprint density at radius 1 is 1.56 bits per heavy atom. The summed E-state index contributed by atoms with van der Waals surface area (Å²) in [5.74, 6) is -0.519. The Balaban J connectivity index is 1.83. The zero-order valence-corrected chi connectivity index (χ0v) is 10.7.